The Balaban J connectivity index is 1.34. The van der Waals surface area contributed by atoms with Crippen LogP contribution >= 0.6 is 0 Å². The maximum absolute atomic E-state index is 12.8. The molecule has 38 heavy (non-hydrogen) atoms. The minimum Gasteiger partial charge on any atom is -0.481 e. The van der Waals surface area contributed by atoms with Gasteiger partial charge in [-0.15, -0.1) is 0 Å². The van der Waals surface area contributed by atoms with Crippen LogP contribution in [0.1, 0.15) is 30.1 Å². The predicted molar refractivity (Wildman–Crippen MR) is 143 cm³/mol. The van der Waals surface area contributed by atoms with E-state index in [4.69, 9.17) is 9.97 Å². The summed E-state index contributed by atoms with van der Waals surface area (Å²) in [5.74, 6) is 0.299. The van der Waals surface area contributed by atoms with Crippen LogP contribution < -0.4 is 16.1 Å². The van der Waals surface area contributed by atoms with Crippen LogP contribution in [0.25, 0.3) is 22.2 Å². The number of carboxylic acid groups (broad SMARTS) is 1. The minimum atomic E-state index is -0.723. The number of aliphatic carboxylic acids is 1. The second-order valence-electron chi connectivity index (χ2n) is 9.75. The van der Waals surface area contributed by atoms with E-state index in [0.717, 1.165) is 22.3 Å². The number of nitrogens with one attached hydrogen (secondary N) is 2. The second-order valence-corrected chi connectivity index (χ2v) is 9.75. The lowest BCUT2D eigenvalue weighted by atomic mass is 9.97. The summed E-state index contributed by atoms with van der Waals surface area (Å²) in [7, 11) is 1.59. The van der Waals surface area contributed by atoms with Crippen molar-refractivity contribution in [3.05, 3.63) is 86.6 Å². The van der Waals surface area contributed by atoms with Crippen molar-refractivity contribution in [2.45, 2.75) is 25.8 Å². The molecule has 1 aliphatic heterocycles. The smallest absolute Gasteiger partial charge is 0.329 e. The largest absolute Gasteiger partial charge is 0.481 e. The molecule has 3 N–H and O–H groups in total. The number of benzene rings is 2. The number of anilines is 1. The van der Waals surface area contributed by atoms with Gasteiger partial charge in [-0.1, -0.05) is 30.3 Å². The lowest BCUT2D eigenvalue weighted by Crippen LogP contribution is -2.36. The Kier molecular flexibility index (Phi) is 5.82. The highest BCUT2D eigenvalue weighted by Gasteiger charge is 2.25. The van der Waals surface area contributed by atoms with Gasteiger partial charge in [-0.25, -0.2) is 14.8 Å². The maximum Gasteiger partial charge on any atom is 0.329 e. The maximum atomic E-state index is 12.8. The third-order valence-corrected chi connectivity index (χ3v) is 7.32. The molecule has 11 heteroatoms. The highest BCUT2D eigenvalue weighted by molar-refractivity contribution is 5.80. The number of hydrogen-bond donors (Lipinski definition) is 3. The third kappa shape index (κ3) is 4.25. The molecule has 0 spiro atoms. The van der Waals surface area contributed by atoms with Gasteiger partial charge >= 0.3 is 11.7 Å². The number of aromatic nitrogens is 6. The van der Waals surface area contributed by atoms with Gasteiger partial charge in [0, 0.05) is 32.4 Å². The molecule has 194 valence electrons. The molecule has 11 nitrogen and oxygen atoms in total. The highest BCUT2D eigenvalue weighted by atomic mass is 16.4. The zero-order valence-electron chi connectivity index (χ0n) is 20.8. The second kappa shape index (κ2) is 9.33. The summed E-state index contributed by atoms with van der Waals surface area (Å²) in [4.78, 5) is 53.8. The third-order valence-electron chi connectivity index (χ3n) is 7.32. The van der Waals surface area contributed by atoms with E-state index in [-0.39, 0.29) is 5.92 Å². The number of carbonyl (C=O) groups is 1. The van der Waals surface area contributed by atoms with Gasteiger partial charge in [-0.05, 0) is 36.6 Å². The predicted octanol–water partition coefficient (Wildman–Crippen LogP) is 2.24. The van der Waals surface area contributed by atoms with Crippen molar-refractivity contribution in [3.8, 4) is 0 Å². The standard InChI is InChI=1S/C27H27N7O4/c1-32-24-23(25(35)31-27(32)38)34(15-16-5-3-2-4-6-16)22(30-24)14-21-28-19-8-7-18(13-20(19)29-21)33-11-9-17(10-12-33)26(36)37/h2-8,13,17H,9-12,14-15H2,1H3,(H,28,29)(H,36,37)(H,31,35,38). The van der Waals surface area contributed by atoms with Gasteiger partial charge in [-0.2, -0.15) is 0 Å². The summed E-state index contributed by atoms with van der Waals surface area (Å²) in [5, 5.41) is 9.28. The Labute approximate surface area is 216 Å². The Bertz CT molecular complexity index is 1770. The van der Waals surface area contributed by atoms with Crippen LogP contribution in [0.5, 0.6) is 0 Å². The van der Waals surface area contributed by atoms with Crippen molar-refractivity contribution in [1.29, 1.82) is 0 Å². The number of hydrogen-bond acceptors (Lipinski definition) is 6. The van der Waals surface area contributed by atoms with E-state index < -0.39 is 17.2 Å². The number of aryl methyl sites for hydroxylation is 1. The molecular formula is C27H27N7O4. The normalized spacial score (nSPS) is 14.5. The van der Waals surface area contributed by atoms with E-state index >= 15 is 0 Å². The zero-order chi connectivity index (χ0) is 26.4. The number of carboxylic acids is 1. The molecule has 0 unspecified atom stereocenters. The SMILES string of the molecule is Cn1c(=O)[nH]c(=O)c2c1nc(Cc1nc3ccc(N4CCC(C(=O)O)CC4)cc3[nH]1)n2Cc1ccccc1. The van der Waals surface area contributed by atoms with Gasteiger partial charge in [0.15, 0.2) is 11.2 Å². The van der Waals surface area contributed by atoms with Crippen molar-refractivity contribution in [3.63, 3.8) is 0 Å². The van der Waals surface area contributed by atoms with Crippen molar-refractivity contribution < 1.29 is 9.90 Å². The van der Waals surface area contributed by atoms with E-state index in [1.54, 1.807) is 7.05 Å². The molecule has 0 atom stereocenters. The lowest BCUT2D eigenvalue weighted by Gasteiger charge is -2.31. The van der Waals surface area contributed by atoms with Crippen molar-refractivity contribution in [2.24, 2.45) is 13.0 Å². The zero-order valence-corrected chi connectivity index (χ0v) is 20.8. The van der Waals surface area contributed by atoms with E-state index in [0.29, 0.717) is 61.7 Å². The summed E-state index contributed by atoms with van der Waals surface area (Å²) in [5.41, 5.74) is 3.38. The molecule has 0 saturated carbocycles. The molecule has 5 aromatic rings. The molecule has 0 aliphatic carbocycles. The molecule has 1 aliphatic rings. The van der Waals surface area contributed by atoms with Crippen molar-refractivity contribution in [2.75, 3.05) is 18.0 Å². The Hall–Kier alpha value is -4.67. The average molecular weight is 514 g/mol. The number of piperidine rings is 1. The number of rotatable bonds is 6. The average Bonchev–Trinajstić information content (AvgIpc) is 3.49. The van der Waals surface area contributed by atoms with Crippen LogP contribution in [0, 0.1) is 5.92 Å². The molecule has 3 aromatic heterocycles. The Morgan fingerprint density at radius 2 is 1.82 bits per heavy atom. The summed E-state index contributed by atoms with van der Waals surface area (Å²) >= 11 is 0. The van der Waals surface area contributed by atoms with Gasteiger partial charge in [0.2, 0.25) is 0 Å². The number of imidazole rings is 2. The molecule has 1 fully saturated rings. The molecule has 1 saturated heterocycles. The van der Waals surface area contributed by atoms with E-state index in [2.05, 4.69) is 14.9 Å². The van der Waals surface area contributed by atoms with E-state index in [1.807, 2.05) is 53.1 Å². The van der Waals surface area contributed by atoms with Gasteiger partial charge in [0.25, 0.3) is 5.56 Å². The van der Waals surface area contributed by atoms with Crippen LogP contribution in [-0.2, 0) is 24.8 Å². The monoisotopic (exact) mass is 513 g/mol. The molecule has 2 aromatic carbocycles. The quantitative estimate of drug-likeness (QED) is 0.316. The van der Waals surface area contributed by atoms with Crippen LogP contribution in [0.2, 0.25) is 0 Å². The van der Waals surface area contributed by atoms with Crippen LogP contribution in [0.3, 0.4) is 0 Å². The summed E-state index contributed by atoms with van der Waals surface area (Å²) < 4.78 is 3.19. The first-order chi connectivity index (χ1) is 18.4. The van der Waals surface area contributed by atoms with E-state index in [9.17, 15) is 19.5 Å². The van der Waals surface area contributed by atoms with Gasteiger partial charge in [0.05, 0.1) is 23.4 Å². The molecule has 0 radical (unpaired) electrons. The minimum absolute atomic E-state index is 0.282. The molecule has 0 amide bonds. The van der Waals surface area contributed by atoms with Crippen LogP contribution in [-0.4, -0.2) is 53.2 Å². The van der Waals surface area contributed by atoms with Crippen molar-refractivity contribution in [1.82, 2.24) is 29.1 Å². The van der Waals surface area contributed by atoms with Crippen molar-refractivity contribution >= 4 is 33.9 Å². The fraction of sp³-hybridized carbons (Fsp3) is 0.296. The van der Waals surface area contributed by atoms with Crippen LogP contribution in [0.15, 0.2) is 58.1 Å². The first kappa shape index (κ1) is 23.7. The summed E-state index contributed by atoms with van der Waals surface area (Å²) in [6.45, 7) is 1.81. The summed E-state index contributed by atoms with van der Waals surface area (Å²) in [6.07, 6.45) is 1.59. The molecule has 0 bridgehead atoms. The molecule has 4 heterocycles. The Morgan fingerprint density at radius 1 is 1.05 bits per heavy atom. The van der Waals surface area contributed by atoms with E-state index in [1.165, 1.54) is 4.57 Å². The molecule has 6 rings (SSSR count). The topological polar surface area (TPSA) is 142 Å². The number of H-pyrrole nitrogens is 2. The van der Waals surface area contributed by atoms with Gasteiger partial charge in [0.1, 0.15) is 11.6 Å². The first-order valence-corrected chi connectivity index (χ1v) is 12.6. The fourth-order valence-corrected chi connectivity index (χ4v) is 5.22. The number of nitrogens with zero attached hydrogens (tertiary/aromatic N) is 5. The van der Waals surface area contributed by atoms with Gasteiger partial charge < -0.3 is 19.6 Å². The van der Waals surface area contributed by atoms with Crippen LogP contribution in [0.4, 0.5) is 5.69 Å². The summed E-state index contributed by atoms with van der Waals surface area (Å²) in [6, 6.07) is 15.8. The van der Waals surface area contributed by atoms with Gasteiger partial charge in [-0.3, -0.25) is 19.1 Å². The Morgan fingerprint density at radius 3 is 2.55 bits per heavy atom. The lowest BCUT2D eigenvalue weighted by molar-refractivity contribution is -0.142. The highest BCUT2D eigenvalue weighted by Crippen LogP contribution is 2.27. The fourth-order valence-electron chi connectivity index (χ4n) is 5.22. The number of fused-ring (bicyclic) bond motifs is 2. The molecular weight excluding hydrogens is 486 g/mol. The number of aromatic amines is 2. The first-order valence-electron chi connectivity index (χ1n) is 12.6.